The monoisotopic (exact) mass is 264 g/mol. The summed E-state index contributed by atoms with van der Waals surface area (Å²) in [5.41, 5.74) is 3.58. The van der Waals surface area contributed by atoms with E-state index in [-0.39, 0.29) is 6.04 Å². The maximum atomic E-state index is 4.09. The predicted molar refractivity (Wildman–Crippen MR) is 77.9 cm³/mol. The lowest BCUT2D eigenvalue weighted by molar-refractivity contribution is 0.605. The van der Waals surface area contributed by atoms with Gasteiger partial charge in [0.05, 0.1) is 12.2 Å². The standard InChI is InChI=1S/C16H16N4/c1-2-4-14(5-3-1)16(15-6-8-17-9-7-15)18-10-13-11-19-20-12-13/h1-9,11-12,16,18H,10H2,(H,19,20). The molecule has 4 nitrogen and oxygen atoms in total. The molecular weight excluding hydrogens is 248 g/mol. The number of hydrogen-bond donors (Lipinski definition) is 2. The minimum Gasteiger partial charge on any atom is -0.302 e. The smallest absolute Gasteiger partial charge is 0.0580 e. The van der Waals surface area contributed by atoms with Crippen molar-refractivity contribution in [2.75, 3.05) is 0 Å². The summed E-state index contributed by atoms with van der Waals surface area (Å²) >= 11 is 0. The largest absolute Gasteiger partial charge is 0.302 e. The first-order chi connectivity index (χ1) is 9.93. The average molecular weight is 264 g/mol. The predicted octanol–water partition coefficient (Wildman–Crippen LogP) is 2.68. The van der Waals surface area contributed by atoms with E-state index in [2.05, 4.69) is 44.8 Å². The molecule has 4 heteroatoms. The number of aromatic amines is 1. The van der Waals surface area contributed by atoms with Crippen molar-refractivity contribution in [1.29, 1.82) is 0 Å². The van der Waals surface area contributed by atoms with Crippen LogP contribution in [0.3, 0.4) is 0 Å². The number of benzene rings is 1. The highest BCUT2D eigenvalue weighted by atomic mass is 15.1. The van der Waals surface area contributed by atoms with Crippen LogP contribution in [0.2, 0.25) is 0 Å². The highest BCUT2D eigenvalue weighted by molar-refractivity contribution is 5.30. The average Bonchev–Trinajstić information content (AvgIpc) is 3.03. The third-order valence-corrected chi connectivity index (χ3v) is 3.24. The Morgan fingerprint density at radius 1 is 1.00 bits per heavy atom. The third kappa shape index (κ3) is 2.92. The molecule has 0 spiro atoms. The van der Waals surface area contributed by atoms with Crippen LogP contribution in [0, 0.1) is 0 Å². The Bertz CT molecular complexity index is 581. The van der Waals surface area contributed by atoms with Crippen LogP contribution in [0.1, 0.15) is 22.7 Å². The topological polar surface area (TPSA) is 53.6 Å². The molecule has 3 rings (SSSR count). The first-order valence-electron chi connectivity index (χ1n) is 6.59. The van der Waals surface area contributed by atoms with Gasteiger partial charge in [-0.3, -0.25) is 10.1 Å². The minimum atomic E-state index is 0.147. The van der Waals surface area contributed by atoms with Crippen LogP contribution in [0.5, 0.6) is 0 Å². The van der Waals surface area contributed by atoms with E-state index in [4.69, 9.17) is 0 Å². The van der Waals surface area contributed by atoms with Crippen LogP contribution >= 0.6 is 0 Å². The maximum Gasteiger partial charge on any atom is 0.0580 e. The van der Waals surface area contributed by atoms with Crippen molar-refractivity contribution in [1.82, 2.24) is 20.5 Å². The quantitative estimate of drug-likeness (QED) is 0.745. The second kappa shape index (κ2) is 6.12. The molecule has 0 aliphatic carbocycles. The van der Waals surface area contributed by atoms with E-state index in [1.165, 1.54) is 11.1 Å². The summed E-state index contributed by atoms with van der Waals surface area (Å²) in [6, 6.07) is 14.6. The van der Waals surface area contributed by atoms with Crippen LogP contribution in [0.4, 0.5) is 0 Å². The Hall–Kier alpha value is -2.46. The first kappa shape index (κ1) is 12.6. The third-order valence-electron chi connectivity index (χ3n) is 3.24. The number of aromatic nitrogens is 3. The molecule has 0 fully saturated rings. The van der Waals surface area contributed by atoms with Crippen molar-refractivity contribution in [3.05, 3.63) is 83.9 Å². The van der Waals surface area contributed by atoms with Crippen LogP contribution in [-0.4, -0.2) is 15.2 Å². The van der Waals surface area contributed by atoms with Gasteiger partial charge in [-0.15, -0.1) is 0 Å². The van der Waals surface area contributed by atoms with E-state index < -0.39 is 0 Å². The molecule has 1 atom stereocenters. The Labute approximate surface area is 117 Å². The molecule has 0 aliphatic heterocycles. The molecular formula is C16H16N4. The Morgan fingerprint density at radius 3 is 2.45 bits per heavy atom. The SMILES string of the molecule is c1ccc(C(NCc2cn[nH]c2)c2ccncc2)cc1. The summed E-state index contributed by atoms with van der Waals surface area (Å²) < 4.78 is 0. The molecule has 100 valence electrons. The van der Waals surface area contributed by atoms with Crippen LogP contribution in [0.25, 0.3) is 0 Å². The van der Waals surface area contributed by atoms with Crippen molar-refractivity contribution in [2.24, 2.45) is 0 Å². The summed E-state index contributed by atoms with van der Waals surface area (Å²) in [5.74, 6) is 0. The highest BCUT2D eigenvalue weighted by Gasteiger charge is 2.13. The summed E-state index contributed by atoms with van der Waals surface area (Å²) in [6.45, 7) is 0.762. The van der Waals surface area contributed by atoms with Gasteiger partial charge in [0, 0.05) is 30.7 Å². The van der Waals surface area contributed by atoms with Gasteiger partial charge in [-0.25, -0.2) is 0 Å². The molecule has 2 N–H and O–H groups in total. The Balaban J connectivity index is 1.84. The second-order valence-corrected chi connectivity index (χ2v) is 4.61. The van der Waals surface area contributed by atoms with Gasteiger partial charge in [0.25, 0.3) is 0 Å². The van der Waals surface area contributed by atoms with E-state index >= 15 is 0 Å². The summed E-state index contributed by atoms with van der Waals surface area (Å²) in [4.78, 5) is 4.09. The fourth-order valence-electron chi connectivity index (χ4n) is 2.22. The van der Waals surface area contributed by atoms with Gasteiger partial charge in [0.2, 0.25) is 0 Å². The van der Waals surface area contributed by atoms with Crippen molar-refractivity contribution >= 4 is 0 Å². The molecule has 0 aliphatic rings. The van der Waals surface area contributed by atoms with Crippen LogP contribution in [-0.2, 0) is 6.54 Å². The molecule has 0 amide bonds. The van der Waals surface area contributed by atoms with E-state index in [1.807, 2.05) is 43.0 Å². The van der Waals surface area contributed by atoms with E-state index in [0.717, 1.165) is 12.1 Å². The molecule has 20 heavy (non-hydrogen) atoms. The molecule has 0 saturated heterocycles. The van der Waals surface area contributed by atoms with Gasteiger partial charge < -0.3 is 5.32 Å². The number of rotatable bonds is 5. The number of H-pyrrole nitrogens is 1. The number of pyridine rings is 1. The van der Waals surface area contributed by atoms with Gasteiger partial charge in [-0.1, -0.05) is 30.3 Å². The number of nitrogens with one attached hydrogen (secondary N) is 2. The molecule has 0 saturated carbocycles. The first-order valence-corrected chi connectivity index (χ1v) is 6.59. The molecule has 1 aromatic carbocycles. The summed E-state index contributed by atoms with van der Waals surface area (Å²) in [5, 5.41) is 10.4. The van der Waals surface area contributed by atoms with Gasteiger partial charge in [-0.05, 0) is 23.3 Å². The van der Waals surface area contributed by atoms with Crippen molar-refractivity contribution < 1.29 is 0 Å². The number of nitrogens with zero attached hydrogens (tertiary/aromatic N) is 2. The lowest BCUT2D eigenvalue weighted by Crippen LogP contribution is -2.21. The van der Waals surface area contributed by atoms with Gasteiger partial charge in [-0.2, -0.15) is 5.10 Å². The van der Waals surface area contributed by atoms with E-state index in [0.29, 0.717) is 0 Å². The fraction of sp³-hybridized carbons (Fsp3) is 0.125. The van der Waals surface area contributed by atoms with E-state index in [9.17, 15) is 0 Å². The maximum absolute atomic E-state index is 4.09. The second-order valence-electron chi connectivity index (χ2n) is 4.61. The van der Waals surface area contributed by atoms with Gasteiger partial charge in [0.1, 0.15) is 0 Å². The fourth-order valence-corrected chi connectivity index (χ4v) is 2.22. The molecule has 1 unspecified atom stereocenters. The molecule has 3 aromatic rings. The van der Waals surface area contributed by atoms with Crippen molar-refractivity contribution in [2.45, 2.75) is 12.6 Å². The zero-order valence-corrected chi connectivity index (χ0v) is 11.0. The molecule has 0 bridgehead atoms. The summed E-state index contributed by atoms with van der Waals surface area (Å²) in [7, 11) is 0. The van der Waals surface area contributed by atoms with Gasteiger partial charge in [0.15, 0.2) is 0 Å². The molecule has 2 heterocycles. The van der Waals surface area contributed by atoms with Crippen LogP contribution in [0.15, 0.2) is 67.3 Å². The zero-order chi connectivity index (χ0) is 13.6. The van der Waals surface area contributed by atoms with Crippen molar-refractivity contribution in [3.8, 4) is 0 Å². The zero-order valence-electron chi connectivity index (χ0n) is 11.0. The molecule has 2 aromatic heterocycles. The highest BCUT2D eigenvalue weighted by Crippen LogP contribution is 2.21. The lowest BCUT2D eigenvalue weighted by Gasteiger charge is -2.19. The van der Waals surface area contributed by atoms with Crippen molar-refractivity contribution in [3.63, 3.8) is 0 Å². The molecule has 0 radical (unpaired) electrons. The minimum absolute atomic E-state index is 0.147. The Kier molecular flexibility index (Phi) is 3.85. The summed E-state index contributed by atoms with van der Waals surface area (Å²) in [6.07, 6.45) is 7.39. The van der Waals surface area contributed by atoms with E-state index in [1.54, 1.807) is 0 Å². The lowest BCUT2D eigenvalue weighted by atomic mass is 9.99. The number of hydrogen-bond acceptors (Lipinski definition) is 3. The van der Waals surface area contributed by atoms with Gasteiger partial charge >= 0.3 is 0 Å². The Morgan fingerprint density at radius 2 is 1.75 bits per heavy atom. The van der Waals surface area contributed by atoms with Crippen LogP contribution < -0.4 is 5.32 Å². The normalized spacial score (nSPS) is 12.2.